The molecule has 86 valence electrons. The van der Waals surface area contributed by atoms with Crippen LogP contribution in [0.1, 0.15) is 19.3 Å². The molecule has 2 heterocycles. The van der Waals surface area contributed by atoms with Crippen LogP contribution in [0.2, 0.25) is 0 Å². The zero-order valence-corrected chi connectivity index (χ0v) is 11.2. The molecular formula is C11H15IN4. The molecule has 5 heteroatoms. The van der Waals surface area contributed by atoms with Crippen molar-refractivity contribution in [3.63, 3.8) is 0 Å². The number of hydrogen-bond acceptors (Lipinski definition) is 4. The molecule has 1 aliphatic carbocycles. The standard InChI is InChI=1S/C11H15IN4/c12-8-5-13-11(14-6-8)15-9-3-4-16(7-9)10-1-2-10/h5-6,9-10H,1-4,7H2,(H,13,14,15). The van der Waals surface area contributed by atoms with Crippen molar-refractivity contribution in [1.29, 1.82) is 0 Å². The second-order valence-corrected chi connectivity index (χ2v) is 5.83. The molecule has 0 amide bonds. The summed E-state index contributed by atoms with van der Waals surface area (Å²) in [6.45, 7) is 2.38. The molecule has 0 aromatic carbocycles. The Morgan fingerprint density at radius 1 is 1.25 bits per heavy atom. The molecule has 1 aromatic rings. The minimum absolute atomic E-state index is 0.528. The van der Waals surface area contributed by atoms with Gasteiger partial charge in [0.05, 0.1) is 0 Å². The first-order valence-corrected chi connectivity index (χ1v) is 6.87. The van der Waals surface area contributed by atoms with E-state index >= 15 is 0 Å². The molecule has 2 fully saturated rings. The Labute approximate surface area is 109 Å². The van der Waals surface area contributed by atoms with Gasteiger partial charge < -0.3 is 5.32 Å². The smallest absolute Gasteiger partial charge is 0.222 e. The highest BCUT2D eigenvalue weighted by Gasteiger charge is 2.34. The van der Waals surface area contributed by atoms with E-state index in [1.807, 2.05) is 12.4 Å². The van der Waals surface area contributed by atoms with Crippen LogP contribution in [-0.2, 0) is 0 Å². The van der Waals surface area contributed by atoms with Gasteiger partial charge in [0.15, 0.2) is 0 Å². The van der Waals surface area contributed by atoms with E-state index in [0.29, 0.717) is 6.04 Å². The second kappa shape index (κ2) is 4.44. The molecule has 1 aliphatic heterocycles. The Kier molecular flexibility index (Phi) is 2.97. The lowest BCUT2D eigenvalue weighted by Crippen LogP contribution is -2.28. The average molecular weight is 330 g/mol. The van der Waals surface area contributed by atoms with E-state index in [1.165, 1.54) is 25.8 Å². The largest absolute Gasteiger partial charge is 0.350 e. The van der Waals surface area contributed by atoms with Crippen molar-refractivity contribution >= 4 is 28.5 Å². The first-order chi connectivity index (χ1) is 7.81. The third kappa shape index (κ3) is 2.45. The van der Waals surface area contributed by atoms with E-state index in [4.69, 9.17) is 0 Å². The highest BCUT2D eigenvalue weighted by molar-refractivity contribution is 14.1. The van der Waals surface area contributed by atoms with Gasteiger partial charge in [0, 0.05) is 41.1 Å². The van der Waals surface area contributed by atoms with Gasteiger partial charge >= 0.3 is 0 Å². The first-order valence-electron chi connectivity index (χ1n) is 5.79. The maximum absolute atomic E-state index is 4.28. The van der Waals surface area contributed by atoms with Crippen LogP contribution >= 0.6 is 22.6 Å². The van der Waals surface area contributed by atoms with Crippen molar-refractivity contribution in [3.8, 4) is 0 Å². The SMILES string of the molecule is Ic1cnc(NC2CCN(C3CC3)C2)nc1. The number of nitrogens with zero attached hydrogens (tertiary/aromatic N) is 3. The van der Waals surface area contributed by atoms with Crippen LogP contribution in [0.25, 0.3) is 0 Å². The average Bonchev–Trinajstić information content (AvgIpc) is 3.04. The van der Waals surface area contributed by atoms with Crippen molar-refractivity contribution in [2.24, 2.45) is 0 Å². The summed E-state index contributed by atoms with van der Waals surface area (Å²) in [5, 5.41) is 3.41. The lowest BCUT2D eigenvalue weighted by molar-refractivity contribution is 0.326. The molecule has 16 heavy (non-hydrogen) atoms. The molecule has 2 aliphatic rings. The molecule has 1 aromatic heterocycles. The van der Waals surface area contributed by atoms with E-state index in [9.17, 15) is 0 Å². The van der Waals surface area contributed by atoms with Gasteiger partial charge in [-0.05, 0) is 41.9 Å². The van der Waals surface area contributed by atoms with Crippen molar-refractivity contribution in [2.45, 2.75) is 31.3 Å². The van der Waals surface area contributed by atoms with E-state index in [2.05, 4.69) is 42.8 Å². The van der Waals surface area contributed by atoms with Gasteiger partial charge in [0.1, 0.15) is 0 Å². The summed E-state index contributed by atoms with van der Waals surface area (Å²) in [6, 6.07) is 1.41. The number of hydrogen-bond donors (Lipinski definition) is 1. The van der Waals surface area contributed by atoms with Crippen molar-refractivity contribution in [3.05, 3.63) is 16.0 Å². The summed E-state index contributed by atoms with van der Waals surface area (Å²) in [7, 11) is 0. The van der Waals surface area contributed by atoms with Crippen molar-refractivity contribution < 1.29 is 0 Å². The Morgan fingerprint density at radius 3 is 2.69 bits per heavy atom. The van der Waals surface area contributed by atoms with Gasteiger partial charge in [-0.1, -0.05) is 0 Å². The lowest BCUT2D eigenvalue weighted by atomic mass is 10.3. The van der Waals surface area contributed by atoms with Crippen LogP contribution in [-0.4, -0.2) is 40.0 Å². The summed E-state index contributed by atoms with van der Waals surface area (Å²) in [5.74, 6) is 0.767. The maximum Gasteiger partial charge on any atom is 0.222 e. The number of rotatable bonds is 3. The first kappa shape index (κ1) is 10.7. The highest BCUT2D eigenvalue weighted by atomic mass is 127. The molecule has 0 radical (unpaired) electrons. The summed E-state index contributed by atoms with van der Waals surface area (Å²) >= 11 is 2.22. The van der Waals surface area contributed by atoms with Gasteiger partial charge in [-0.15, -0.1) is 0 Å². The molecule has 1 atom stereocenters. The molecule has 4 nitrogen and oxygen atoms in total. The van der Waals surface area contributed by atoms with Crippen LogP contribution in [0.5, 0.6) is 0 Å². The van der Waals surface area contributed by atoms with Crippen LogP contribution in [0.4, 0.5) is 5.95 Å². The number of nitrogens with one attached hydrogen (secondary N) is 1. The third-order valence-corrected chi connectivity index (χ3v) is 3.79. The van der Waals surface area contributed by atoms with E-state index in [-0.39, 0.29) is 0 Å². The highest BCUT2D eigenvalue weighted by Crippen LogP contribution is 2.30. The number of halogens is 1. The van der Waals surface area contributed by atoms with Crippen LogP contribution in [0, 0.1) is 3.57 Å². The molecule has 1 saturated carbocycles. The fourth-order valence-electron chi connectivity index (χ4n) is 2.25. The maximum atomic E-state index is 4.28. The summed E-state index contributed by atoms with van der Waals surface area (Å²) in [6.07, 6.45) is 7.71. The van der Waals surface area contributed by atoms with E-state index in [1.54, 1.807) is 0 Å². The topological polar surface area (TPSA) is 41.1 Å². The molecule has 0 bridgehead atoms. The molecule has 1 saturated heterocycles. The Hall–Kier alpha value is -0.430. The summed E-state index contributed by atoms with van der Waals surface area (Å²) in [5.41, 5.74) is 0. The van der Waals surface area contributed by atoms with E-state index < -0.39 is 0 Å². The quantitative estimate of drug-likeness (QED) is 0.857. The number of aromatic nitrogens is 2. The fraction of sp³-hybridized carbons (Fsp3) is 0.636. The predicted molar refractivity (Wildman–Crippen MR) is 71.4 cm³/mol. The minimum atomic E-state index is 0.528. The number of likely N-dealkylation sites (tertiary alicyclic amines) is 1. The van der Waals surface area contributed by atoms with Gasteiger partial charge in [-0.3, -0.25) is 4.90 Å². The molecular weight excluding hydrogens is 315 g/mol. The Balaban J connectivity index is 1.57. The van der Waals surface area contributed by atoms with Crippen molar-refractivity contribution in [2.75, 3.05) is 18.4 Å². The van der Waals surface area contributed by atoms with E-state index in [0.717, 1.165) is 22.1 Å². The fourth-order valence-corrected chi connectivity index (χ4v) is 2.52. The van der Waals surface area contributed by atoms with Crippen LogP contribution in [0.3, 0.4) is 0 Å². The zero-order valence-electron chi connectivity index (χ0n) is 9.06. The molecule has 3 rings (SSSR count). The summed E-state index contributed by atoms with van der Waals surface area (Å²) < 4.78 is 1.08. The normalized spacial score (nSPS) is 25.9. The third-order valence-electron chi connectivity index (χ3n) is 3.24. The van der Waals surface area contributed by atoms with Crippen molar-refractivity contribution in [1.82, 2.24) is 14.9 Å². The van der Waals surface area contributed by atoms with Gasteiger partial charge in [0.2, 0.25) is 5.95 Å². The van der Waals surface area contributed by atoms with Gasteiger partial charge in [0.25, 0.3) is 0 Å². The zero-order chi connectivity index (χ0) is 11.0. The van der Waals surface area contributed by atoms with Crippen LogP contribution < -0.4 is 5.32 Å². The van der Waals surface area contributed by atoms with Gasteiger partial charge in [-0.25, -0.2) is 9.97 Å². The molecule has 0 spiro atoms. The lowest BCUT2D eigenvalue weighted by Gasteiger charge is -2.15. The second-order valence-electron chi connectivity index (χ2n) is 4.58. The van der Waals surface area contributed by atoms with Crippen LogP contribution in [0.15, 0.2) is 12.4 Å². The minimum Gasteiger partial charge on any atom is -0.350 e. The molecule has 1 unspecified atom stereocenters. The number of anilines is 1. The monoisotopic (exact) mass is 330 g/mol. The Bertz CT molecular complexity index is 363. The summed E-state index contributed by atoms with van der Waals surface area (Å²) in [4.78, 5) is 11.1. The van der Waals surface area contributed by atoms with Gasteiger partial charge in [-0.2, -0.15) is 0 Å². The Morgan fingerprint density at radius 2 is 2.00 bits per heavy atom. The molecule has 1 N–H and O–H groups in total. The predicted octanol–water partition coefficient (Wildman–Crippen LogP) is 1.73.